The lowest BCUT2D eigenvalue weighted by Crippen LogP contribution is -2.39. The third kappa shape index (κ3) is 1.71. The minimum atomic E-state index is -0.592. The Morgan fingerprint density at radius 2 is 2.06 bits per heavy atom. The highest BCUT2D eigenvalue weighted by Gasteiger charge is 2.31. The number of hydrogen-bond acceptors (Lipinski definition) is 2. The Morgan fingerprint density at radius 3 is 2.75 bits per heavy atom. The molecule has 1 aliphatic rings. The second-order valence-electron chi connectivity index (χ2n) is 3.85. The van der Waals surface area contributed by atoms with Crippen LogP contribution in [-0.2, 0) is 4.79 Å². The molecule has 2 rings (SSSR count). The van der Waals surface area contributed by atoms with Crippen LogP contribution in [0.15, 0.2) is 24.3 Å². The number of urea groups is 1. The number of carbonyl (C=O) groups is 2. The molecule has 0 spiro atoms. The van der Waals surface area contributed by atoms with Gasteiger partial charge in [0.05, 0.1) is 0 Å². The van der Waals surface area contributed by atoms with Crippen molar-refractivity contribution in [1.82, 2.24) is 10.2 Å². The number of nitrogens with zero attached hydrogens (tertiary/aromatic N) is 1. The number of benzene rings is 1. The predicted octanol–water partition coefficient (Wildman–Crippen LogP) is 0.951. The first-order chi connectivity index (χ1) is 7.59. The first-order valence-corrected chi connectivity index (χ1v) is 4.97. The third-order valence-corrected chi connectivity index (χ3v) is 2.47. The van der Waals surface area contributed by atoms with Gasteiger partial charge in [0.1, 0.15) is 6.04 Å². The summed E-state index contributed by atoms with van der Waals surface area (Å²) in [5.41, 5.74) is 1.57. The second-order valence-corrected chi connectivity index (χ2v) is 3.85. The van der Waals surface area contributed by atoms with Gasteiger partial charge >= 0.3 is 6.03 Å². The van der Waals surface area contributed by atoms with Crippen LogP contribution in [0.4, 0.5) is 10.5 Å². The van der Waals surface area contributed by atoms with E-state index in [1.54, 1.807) is 14.1 Å². The summed E-state index contributed by atoms with van der Waals surface area (Å²) >= 11 is 0. The van der Waals surface area contributed by atoms with Crippen molar-refractivity contribution in [1.29, 1.82) is 0 Å². The molecule has 0 aliphatic carbocycles. The summed E-state index contributed by atoms with van der Waals surface area (Å²) in [7, 11) is 3.27. The SMILES string of the molecule is CN(C)C(=O)NC1C(=O)Nc2ccccc21. The molecule has 1 heterocycles. The predicted molar refractivity (Wildman–Crippen MR) is 60.0 cm³/mol. The number of hydrogen-bond donors (Lipinski definition) is 2. The first kappa shape index (κ1) is 10.5. The number of anilines is 1. The van der Waals surface area contributed by atoms with Crippen LogP contribution in [0.5, 0.6) is 0 Å². The van der Waals surface area contributed by atoms with Crippen molar-refractivity contribution in [2.45, 2.75) is 6.04 Å². The van der Waals surface area contributed by atoms with Crippen molar-refractivity contribution in [2.75, 3.05) is 19.4 Å². The third-order valence-electron chi connectivity index (χ3n) is 2.47. The lowest BCUT2D eigenvalue weighted by atomic mass is 10.1. The standard InChI is InChI=1S/C11H13N3O2/c1-14(2)11(16)13-9-7-5-3-4-6-8(7)12-10(9)15/h3-6,9H,1-2H3,(H,12,15)(H,13,16). The maximum atomic E-state index is 11.6. The van der Waals surface area contributed by atoms with Crippen LogP contribution in [0, 0.1) is 0 Å². The number of para-hydroxylation sites is 1. The van der Waals surface area contributed by atoms with Gasteiger partial charge in [0.25, 0.3) is 5.91 Å². The summed E-state index contributed by atoms with van der Waals surface area (Å²) in [6.07, 6.45) is 0. The summed E-state index contributed by atoms with van der Waals surface area (Å²) < 4.78 is 0. The van der Waals surface area contributed by atoms with Crippen LogP contribution in [0.25, 0.3) is 0 Å². The molecule has 0 fully saturated rings. The normalized spacial score (nSPS) is 17.6. The quantitative estimate of drug-likeness (QED) is 0.738. The van der Waals surface area contributed by atoms with Crippen molar-refractivity contribution >= 4 is 17.6 Å². The molecule has 0 bridgehead atoms. The van der Waals surface area contributed by atoms with Crippen LogP contribution in [0.3, 0.4) is 0 Å². The molecule has 0 radical (unpaired) electrons. The largest absolute Gasteiger partial charge is 0.331 e. The molecular weight excluding hydrogens is 206 g/mol. The van der Waals surface area contributed by atoms with Gasteiger partial charge in [-0.05, 0) is 6.07 Å². The summed E-state index contributed by atoms with van der Waals surface area (Å²) in [5, 5.41) is 5.38. The number of nitrogens with one attached hydrogen (secondary N) is 2. The van der Waals surface area contributed by atoms with Gasteiger partial charge in [-0.25, -0.2) is 4.79 Å². The fourth-order valence-corrected chi connectivity index (χ4v) is 1.60. The van der Waals surface area contributed by atoms with Crippen molar-refractivity contribution in [2.24, 2.45) is 0 Å². The number of fused-ring (bicyclic) bond motifs is 1. The molecule has 0 saturated heterocycles. The van der Waals surface area contributed by atoms with E-state index in [4.69, 9.17) is 0 Å². The fraction of sp³-hybridized carbons (Fsp3) is 0.273. The maximum absolute atomic E-state index is 11.6. The van der Waals surface area contributed by atoms with Crippen LogP contribution < -0.4 is 10.6 Å². The molecule has 1 atom stereocenters. The van der Waals surface area contributed by atoms with E-state index in [1.165, 1.54) is 4.90 Å². The summed E-state index contributed by atoms with van der Waals surface area (Å²) in [5.74, 6) is -0.198. The molecular formula is C11H13N3O2. The molecule has 5 nitrogen and oxygen atoms in total. The highest BCUT2D eigenvalue weighted by molar-refractivity contribution is 6.04. The Kier molecular flexibility index (Phi) is 2.52. The minimum Gasteiger partial charge on any atom is -0.331 e. The van der Waals surface area contributed by atoms with E-state index in [1.807, 2.05) is 24.3 Å². The van der Waals surface area contributed by atoms with Crippen molar-refractivity contribution in [3.8, 4) is 0 Å². The lowest BCUT2D eigenvalue weighted by molar-refractivity contribution is -0.117. The number of rotatable bonds is 1. The fourth-order valence-electron chi connectivity index (χ4n) is 1.60. The van der Waals surface area contributed by atoms with Crippen LogP contribution in [0.1, 0.15) is 11.6 Å². The van der Waals surface area contributed by atoms with Gasteiger partial charge < -0.3 is 15.5 Å². The van der Waals surface area contributed by atoms with Gasteiger partial charge in [-0.1, -0.05) is 18.2 Å². The second kappa shape index (κ2) is 3.84. The zero-order valence-corrected chi connectivity index (χ0v) is 9.15. The average molecular weight is 219 g/mol. The van der Waals surface area contributed by atoms with E-state index in [0.717, 1.165) is 11.3 Å². The highest BCUT2D eigenvalue weighted by Crippen LogP contribution is 2.30. The average Bonchev–Trinajstić information content (AvgIpc) is 2.55. The van der Waals surface area contributed by atoms with E-state index >= 15 is 0 Å². The van der Waals surface area contributed by atoms with Gasteiger partial charge in [0.15, 0.2) is 0 Å². The molecule has 16 heavy (non-hydrogen) atoms. The lowest BCUT2D eigenvalue weighted by Gasteiger charge is -2.16. The van der Waals surface area contributed by atoms with E-state index < -0.39 is 6.04 Å². The monoisotopic (exact) mass is 219 g/mol. The highest BCUT2D eigenvalue weighted by atomic mass is 16.2. The zero-order valence-electron chi connectivity index (χ0n) is 9.15. The van der Waals surface area contributed by atoms with Gasteiger partial charge in [-0.15, -0.1) is 0 Å². The van der Waals surface area contributed by atoms with Gasteiger partial charge in [-0.2, -0.15) is 0 Å². The van der Waals surface area contributed by atoms with Gasteiger partial charge in [-0.3, -0.25) is 4.79 Å². The Morgan fingerprint density at radius 1 is 1.38 bits per heavy atom. The van der Waals surface area contributed by atoms with E-state index in [2.05, 4.69) is 10.6 Å². The topological polar surface area (TPSA) is 61.4 Å². The summed E-state index contributed by atoms with van der Waals surface area (Å²) in [4.78, 5) is 24.5. The van der Waals surface area contributed by atoms with Crippen molar-refractivity contribution in [3.63, 3.8) is 0 Å². The van der Waals surface area contributed by atoms with Crippen LogP contribution in [-0.4, -0.2) is 30.9 Å². The Bertz CT molecular complexity index is 443. The maximum Gasteiger partial charge on any atom is 0.317 e. The zero-order chi connectivity index (χ0) is 11.7. The van der Waals surface area contributed by atoms with Gasteiger partial charge in [0.2, 0.25) is 0 Å². The number of amides is 3. The molecule has 3 amide bonds. The summed E-state index contributed by atoms with van der Waals surface area (Å²) in [6, 6.07) is 6.45. The van der Waals surface area contributed by atoms with Crippen LogP contribution in [0.2, 0.25) is 0 Å². The number of carbonyl (C=O) groups excluding carboxylic acids is 2. The minimum absolute atomic E-state index is 0.198. The van der Waals surface area contributed by atoms with E-state index in [0.29, 0.717) is 0 Å². The molecule has 1 aromatic rings. The summed E-state index contributed by atoms with van der Waals surface area (Å²) in [6.45, 7) is 0. The van der Waals surface area contributed by atoms with E-state index in [-0.39, 0.29) is 11.9 Å². The molecule has 2 N–H and O–H groups in total. The van der Waals surface area contributed by atoms with Crippen molar-refractivity contribution in [3.05, 3.63) is 29.8 Å². The van der Waals surface area contributed by atoms with E-state index in [9.17, 15) is 9.59 Å². The molecule has 5 heteroatoms. The molecule has 0 saturated carbocycles. The molecule has 0 aromatic heterocycles. The molecule has 84 valence electrons. The smallest absolute Gasteiger partial charge is 0.317 e. The van der Waals surface area contributed by atoms with Crippen LogP contribution >= 0.6 is 0 Å². The molecule has 1 aliphatic heterocycles. The Labute approximate surface area is 93.4 Å². The van der Waals surface area contributed by atoms with Crippen molar-refractivity contribution < 1.29 is 9.59 Å². The Balaban J connectivity index is 2.23. The first-order valence-electron chi connectivity index (χ1n) is 4.97. The van der Waals surface area contributed by atoms with Gasteiger partial charge in [0, 0.05) is 25.3 Å². The molecule has 1 aromatic carbocycles. The Hall–Kier alpha value is -2.04. The molecule has 1 unspecified atom stereocenters.